The number of hydrogen-bond acceptors (Lipinski definition) is 4. The zero-order chi connectivity index (χ0) is 21.1. The smallest absolute Gasteiger partial charge is 0.273 e. The fourth-order valence-electron chi connectivity index (χ4n) is 3.00. The summed E-state index contributed by atoms with van der Waals surface area (Å²) < 4.78 is 5.49. The van der Waals surface area contributed by atoms with Gasteiger partial charge in [0.15, 0.2) is 5.69 Å². The number of carbonyl (C=O) groups excluding carboxylic acids is 2. The van der Waals surface area contributed by atoms with Gasteiger partial charge in [0.1, 0.15) is 6.26 Å². The summed E-state index contributed by atoms with van der Waals surface area (Å²) in [5.74, 6) is 0.0871. The minimum absolute atomic E-state index is 0.0510. The predicted octanol–water partition coefficient (Wildman–Crippen LogP) is 4.74. The van der Waals surface area contributed by atoms with Crippen molar-refractivity contribution in [3.8, 4) is 0 Å². The van der Waals surface area contributed by atoms with Gasteiger partial charge >= 0.3 is 0 Å². The van der Waals surface area contributed by atoms with E-state index in [4.69, 9.17) is 4.42 Å². The molecule has 6 nitrogen and oxygen atoms in total. The van der Waals surface area contributed by atoms with Crippen LogP contribution in [-0.4, -0.2) is 34.8 Å². The number of oxazole rings is 1. The second-order valence-electron chi connectivity index (χ2n) is 7.39. The molecule has 1 heterocycles. The molecule has 0 fully saturated rings. The normalized spacial score (nSPS) is 10.7. The number of nitrogens with zero attached hydrogens (tertiary/aromatic N) is 2. The Kier molecular flexibility index (Phi) is 9.41. The van der Waals surface area contributed by atoms with E-state index in [1.165, 1.54) is 6.26 Å². The minimum Gasteiger partial charge on any atom is -0.446 e. The lowest BCUT2D eigenvalue weighted by Crippen LogP contribution is -2.32. The lowest BCUT2D eigenvalue weighted by atomic mass is 10.1. The SMILES string of the molecule is CCCCCNC(=O)c1coc(CN(CCCCC)C(=O)c2ccc(C)cc2)n1. The van der Waals surface area contributed by atoms with Gasteiger partial charge in [-0.25, -0.2) is 4.98 Å². The van der Waals surface area contributed by atoms with Crippen LogP contribution in [0.15, 0.2) is 34.9 Å². The van der Waals surface area contributed by atoms with Crippen molar-refractivity contribution in [2.45, 2.75) is 65.8 Å². The summed E-state index contributed by atoms with van der Waals surface area (Å²) in [6.45, 7) is 7.75. The Morgan fingerprint density at radius 3 is 2.41 bits per heavy atom. The van der Waals surface area contributed by atoms with Crippen molar-refractivity contribution in [1.82, 2.24) is 15.2 Å². The van der Waals surface area contributed by atoms with Gasteiger partial charge in [0.05, 0.1) is 6.54 Å². The third-order valence-corrected chi connectivity index (χ3v) is 4.79. The Balaban J connectivity index is 2.02. The Morgan fingerprint density at radius 2 is 1.72 bits per heavy atom. The van der Waals surface area contributed by atoms with Gasteiger partial charge in [-0.1, -0.05) is 57.2 Å². The maximum atomic E-state index is 13.0. The molecule has 1 aromatic heterocycles. The van der Waals surface area contributed by atoms with Crippen molar-refractivity contribution in [1.29, 1.82) is 0 Å². The molecule has 0 spiro atoms. The Morgan fingerprint density at radius 1 is 1.03 bits per heavy atom. The number of unbranched alkanes of at least 4 members (excludes halogenated alkanes) is 4. The fourth-order valence-corrected chi connectivity index (χ4v) is 3.00. The Labute approximate surface area is 173 Å². The van der Waals surface area contributed by atoms with Gasteiger partial charge in [0.25, 0.3) is 11.8 Å². The van der Waals surface area contributed by atoms with Crippen LogP contribution in [0, 0.1) is 6.92 Å². The number of hydrogen-bond donors (Lipinski definition) is 1. The van der Waals surface area contributed by atoms with Gasteiger partial charge in [-0.05, 0) is 31.9 Å². The van der Waals surface area contributed by atoms with Crippen LogP contribution >= 0.6 is 0 Å². The molecule has 0 atom stereocenters. The number of rotatable bonds is 12. The maximum absolute atomic E-state index is 13.0. The average molecular weight is 400 g/mol. The molecule has 6 heteroatoms. The second kappa shape index (κ2) is 12.0. The van der Waals surface area contributed by atoms with E-state index < -0.39 is 0 Å². The highest BCUT2D eigenvalue weighted by Crippen LogP contribution is 2.13. The van der Waals surface area contributed by atoms with Crippen LogP contribution in [-0.2, 0) is 6.54 Å². The average Bonchev–Trinajstić information content (AvgIpc) is 3.19. The standard InChI is InChI=1S/C23H33N3O3/c1-4-6-8-14-24-22(27)20-17-29-21(25-20)16-26(15-9-7-5-2)23(28)19-12-10-18(3)11-13-19/h10-13,17H,4-9,14-16H2,1-3H3,(H,24,27). The van der Waals surface area contributed by atoms with Crippen molar-refractivity contribution >= 4 is 11.8 Å². The summed E-state index contributed by atoms with van der Waals surface area (Å²) in [5.41, 5.74) is 2.02. The van der Waals surface area contributed by atoms with Crippen molar-refractivity contribution in [2.24, 2.45) is 0 Å². The molecule has 158 valence electrons. The van der Waals surface area contributed by atoms with Crippen molar-refractivity contribution in [3.63, 3.8) is 0 Å². The number of aryl methyl sites for hydroxylation is 1. The molecule has 2 aromatic rings. The first-order valence-corrected chi connectivity index (χ1v) is 10.6. The number of amides is 2. The van der Waals surface area contributed by atoms with Gasteiger partial charge in [0.2, 0.25) is 5.89 Å². The van der Waals surface area contributed by atoms with E-state index in [0.29, 0.717) is 24.5 Å². The first kappa shape index (κ1) is 22.7. The number of benzene rings is 1. The maximum Gasteiger partial charge on any atom is 0.273 e. The van der Waals surface area contributed by atoms with Gasteiger partial charge in [0, 0.05) is 18.7 Å². The van der Waals surface area contributed by atoms with Crippen LogP contribution < -0.4 is 5.32 Å². The summed E-state index contributed by atoms with van der Waals surface area (Å²) >= 11 is 0. The molecule has 1 N–H and O–H groups in total. The van der Waals surface area contributed by atoms with Crippen LogP contribution in [0.3, 0.4) is 0 Å². The summed E-state index contributed by atoms with van der Waals surface area (Å²) in [6.07, 6.45) is 7.54. The van der Waals surface area contributed by atoms with Crippen molar-refractivity contribution < 1.29 is 14.0 Å². The molecule has 0 aliphatic carbocycles. The molecule has 0 saturated heterocycles. The van der Waals surface area contributed by atoms with Gasteiger partial charge in [-0.2, -0.15) is 0 Å². The third-order valence-electron chi connectivity index (χ3n) is 4.79. The molecule has 0 saturated carbocycles. The third kappa shape index (κ3) is 7.37. The molecule has 2 rings (SSSR count). The molecule has 0 radical (unpaired) electrons. The minimum atomic E-state index is -0.238. The van der Waals surface area contributed by atoms with E-state index in [1.807, 2.05) is 31.2 Å². The predicted molar refractivity (Wildman–Crippen MR) is 114 cm³/mol. The number of nitrogens with one attached hydrogen (secondary N) is 1. The van der Waals surface area contributed by atoms with Crippen LogP contribution in [0.1, 0.15) is 84.7 Å². The van der Waals surface area contributed by atoms with Crippen LogP contribution in [0.5, 0.6) is 0 Å². The van der Waals surface area contributed by atoms with Crippen molar-refractivity contribution in [3.05, 3.63) is 53.2 Å². The summed E-state index contributed by atoms with van der Waals surface area (Å²) in [7, 11) is 0. The lowest BCUT2D eigenvalue weighted by Gasteiger charge is -2.21. The Bertz CT molecular complexity index is 768. The number of carbonyl (C=O) groups is 2. The largest absolute Gasteiger partial charge is 0.446 e. The monoisotopic (exact) mass is 399 g/mol. The number of aromatic nitrogens is 1. The van der Waals surface area contributed by atoms with Gasteiger partial charge < -0.3 is 14.6 Å². The van der Waals surface area contributed by atoms with Gasteiger partial charge in [-0.15, -0.1) is 0 Å². The lowest BCUT2D eigenvalue weighted by molar-refractivity contribution is 0.0725. The van der Waals surface area contributed by atoms with E-state index in [9.17, 15) is 9.59 Å². The van der Waals surface area contributed by atoms with E-state index in [2.05, 4.69) is 24.1 Å². The molecule has 0 bridgehead atoms. The summed E-state index contributed by atoms with van der Waals surface area (Å²) in [5, 5.41) is 2.85. The quantitative estimate of drug-likeness (QED) is 0.523. The molecule has 0 aliphatic rings. The first-order chi connectivity index (χ1) is 14.0. The molecule has 29 heavy (non-hydrogen) atoms. The zero-order valence-corrected chi connectivity index (χ0v) is 17.9. The fraction of sp³-hybridized carbons (Fsp3) is 0.522. The summed E-state index contributed by atoms with van der Waals surface area (Å²) in [4.78, 5) is 31.2. The van der Waals surface area contributed by atoms with Gasteiger partial charge in [-0.3, -0.25) is 9.59 Å². The van der Waals surface area contributed by atoms with E-state index >= 15 is 0 Å². The highest BCUT2D eigenvalue weighted by Gasteiger charge is 2.19. The Hall–Kier alpha value is -2.63. The highest BCUT2D eigenvalue weighted by atomic mass is 16.3. The second-order valence-corrected chi connectivity index (χ2v) is 7.39. The topological polar surface area (TPSA) is 75.4 Å². The molecule has 2 amide bonds. The first-order valence-electron chi connectivity index (χ1n) is 10.6. The highest BCUT2D eigenvalue weighted by molar-refractivity contribution is 5.94. The molecule has 1 aromatic carbocycles. The van der Waals surface area contributed by atoms with E-state index in [1.54, 1.807) is 4.90 Å². The summed E-state index contributed by atoms with van der Waals surface area (Å²) in [6, 6.07) is 7.55. The van der Waals surface area contributed by atoms with Crippen LogP contribution in [0.2, 0.25) is 0 Å². The van der Waals surface area contributed by atoms with Crippen LogP contribution in [0.25, 0.3) is 0 Å². The molecule has 0 aliphatic heterocycles. The molecule has 0 unspecified atom stereocenters. The van der Waals surface area contributed by atoms with E-state index in [-0.39, 0.29) is 24.1 Å². The zero-order valence-electron chi connectivity index (χ0n) is 17.9. The van der Waals surface area contributed by atoms with E-state index in [0.717, 1.165) is 44.1 Å². The molecular weight excluding hydrogens is 366 g/mol. The van der Waals surface area contributed by atoms with Crippen LogP contribution in [0.4, 0.5) is 0 Å². The van der Waals surface area contributed by atoms with Crippen molar-refractivity contribution in [2.75, 3.05) is 13.1 Å². The molecular formula is C23H33N3O3.